The zero-order valence-electron chi connectivity index (χ0n) is 14.2. The topological polar surface area (TPSA) is 87.4 Å². The fraction of sp³-hybridized carbons (Fsp3) is 0.389. The van der Waals surface area contributed by atoms with Gasteiger partial charge in [-0.3, -0.25) is 9.38 Å². The van der Waals surface area contributed by atoms with Crippen LogP contribution in [0.4, 0.5) is 5.82 Å². The molecule has 1 saturated heterocycles. The van der Waals surface area contributed by atoms with E-state index < -0.39 is 6.10 Å². The second-order valence-corrected chi connectivity index (χ2v) is 6.49. The van der Waals surface area contributed by atoms with Crippen LogP contribution < -0.4 is 10.6 Å². The number of piperidine rings is 1. The second-order valence-electron chi connectivity index (χ2n) is 6.49. The lowest BCUT2D eigenvalue weighted by atomic mass is 10.1. The van der Waals surface area contributed by atoms with Crippen LogP contribution in [0.5, 0.6) is 0 Å². The molecule has 1 aliphatic rings. The Morgan fingerprint density at radius 1 is 1.32 bits per heavy atom. The van der Waals surface area contributed by atoms with Crippen molar-refractivity contribution >= 4 is 11.5 Å². The van der Waals surface area contributed by atoms with Crippen molar-refractivity contribution in [3.05, 3.63) is 42.5 Å². The number of anilines is 1. The molecule has 1 fully saturated rings. The number of pyridine rings is 1. The summed E-state index contributed by atoms with van der Waals surface area (Å²) < 4.78 is 1.94. The highest BCUT2D eigenvalue weighted by molar-refractivity contribution is 5.61. The van der Waals surface area contributed by atoms with Gasteiger partial charge in [0.25, 0.3) is 0 Å². The van der Waals surface area contributed by atoms with Gasteiger partial charge in [-0.05, 0) is 37.9 Å². The van der Waals surface area contributed by atoms with Crippen molar-refractivity contribution in [2.75, 3.05) is 18.4 Å². The van der Waals surface area contributed by atoms with Crippen molar-refractivity contribution in [1.29, 1.82) is 0 Å². The highest BCUT2D eigenvalue weighted by Crippen LogP contribution is 2.22. The van der Waals surface area contributed by atoms with E-state index in [-0.39, 0.29) is 0 Å². The molecule has 0 spiro atoms. The molecule has 4 heterocycles. The molecule has 0 amide bonds. The van der Waals surface area contributed by atoms with Crippen LogP contribution in [0.1, 0.15) is 31.4 Å². The Hall–Kier alpha value is -2.51. The van der Waals surface area contributed by atoms with Gasteiger partial charge >= 0.3 is 0 Å². The minimum absolute atomic E-state index is 0.377. The lowest BCUT2D eigenvalue weighted by Gasteiger charge is -2.24. The standard InChI is InChI=1S/C18H22N6O/c1-12(25)13-4-5-18-21-9-16(24(18)11-13)15-8-20-10-17(23-15)22-14-3-2-6-19-7-14/h4-5,8-12,14,19,25H,2-3,6-7H2,1H3,(H,22,23). The average molecular weight is 338 g/mol. The molecule has 130 valence electrons. The number of rotatable bonds is 4. The maximum Gasteiger partial charge on any atom is 0.145 e. The quantitative estimate of drug-likeness (QED) is 0.674. The lowest BCUT2D eigenvalue weighted by Crippen LogP contribution is -2.38. The van der Waals surface area contributed by atoms with Crippen LogP contribution in [0.2, 0.25) is 0 Å². The second kappa shape index (κ2) is 6.78. The van der Waals surface area contributed by atoms with Gasteiger partial charge < -0.3 is 15.7 Å². The Balaban J connectivity index is 1.66. The summed E-state index contributed by atoms with van der Waals surface area (Å²) in [5, 5.41) is 16.7. The zero-order valence-corrected chi connectivity index (χ0v) is 14.2. The molecule has 0 aromatic carbocycles. The van der Waals surface area contributed by atoms with Crippen LogP contribution in [0.25, 0.3) is 17.0 Å². The van der Waals surface area contributed by atoms with Gasteiger partial charge in [0.2, 0.25) is 0 Å². The van der Waals surface area contributed by atoms with E-state index in [1.165, 1.54) is 6.42 Å². The van der Waals surface area contributed by atoms with Gasteiger partial charge in [0.1, 0.15) is 17.2 Å². The highest BCUT2D eigenvalue weighted by Gasteiger charge is 2.15. The molecular formula is C18H22N6O. The van der Waals surface area contributed by atoms with E-state index in [4.69, 9.17) is 4.98 Å². The van der Waals surface area contributed by atoms with Crippen LogP contribution in [0.3, 0.4) is 0 Å². The van der Waals surface area contributed by atoms with Crippen LogP contribution in [0.15, 0.2) is 36.9 Å². The molecule has 7 heteroatoms. The van der Waals surface area contributed by atoms with Crippen molar-refractivity contribution in [1.82, 2.24) is 24.7 Å². The van der Waals surface area contributed by atoms with Crippen molar-refractivity contribution < 1.29 is 5.11 Å². The number of aliphatic hydroxyl groups is 1. The first-order valence-electron chi connectivity index (χ1n) is 8.65. The summed E-state index contributed by atoms with van der Waals surface area (Å²) in [4.78, 5) is 13.5. The minimum Gasteiger partial charge on any atom is -0.389 e. The summed E-state index contributed by atoms with van der Waals surface area (Å²) in [5.74, 6) is 0.771. The fourth-order valence-electron chi connectivity index (χ4n) is 3.18. The van der Waals surface area contributed by atoms with E-state index in [9.17, 15) is 5.11 Å². The number of aliphatic hydroxyl groups excluding tert-OH is 1. The molecule has 2 unspecified atom stereocenters. The molecule has 0 aliphatic carbocycles. The monoisotopic (exact) mass is 338 g/mol. The number of imidazole rings is 1. The molecule has 7 nitrogen and oxygen atoms in total. The van der Waals surface area contributed by atoms with Gasteiger partial charge in [-0.25, -0.2) is 9.97 Å². The molecule has 0 bridgehead atoms. The van der Waals surface area contributed by atoms with Gasteiger partial charge in [0.05, 0.1) is 30.4 Å². The molecular weight excluding hydrogens is 316 g/mol. The summed E-state index contributed by atoms with van der Waals surface area (Å²) >= 11 is 0. The number of hydrogen-bond acceptors (Lipinski definition) is 6. The Bertz CT molecular complexity index is 869. The number of nitrogens with zero attached hydrogens (tertiary/aromatic N) is 4. The van der Waals surface area contributed by atoms with E-state index in [1.807, 2.05) is 22.7 Å². The maximum atomic E-state index is 9.83. The van der Waals surface area contributed by atoms with Gasteiger partial charge in [0, 0.05) is 18.8 Å². The predicted molar refractivity (Wildman–Crippen MR) is 96.4 cm³/mol. The third kappa shape index (κ3) is 3.33. The maximum absolute atomic E-state index is 9.83. The van der Waals surface area contributed by atoms with Gasteiger partial charge in [0.15, 0.2) is 0 Å². The summed E-state index contributed by atoms with van der Waals surface area (Å²) in [5.41, 5.74) is 3.26. The van der Waals surface area contributed by atoms with Crippen LogP contribution in [-0.4, -0.2) is 43.6 Å². The third-order valence-electron chi connectivity index (χ3n) is 4.56. The molecule has 4 rings (SSSR count). The summed E-state index contributed by atoms with van der Waals surface area (Å²) in [7, 11) is 0. The molecule has 25 heavy (non-hydrogen) atoms. The van der Waals surface area contributed by atoms with Crippen LogP contribution >= 0.6 is 0 Å². The molecule has 3 aromatic heterocycles. The van der Waals surface area contributed by atoms with Gasteiger partial charge in [-0.15, -0.1) is 0 Å². The van der Waals surface area contributed by atoms with E-state index in [2.05, 4.69) is 20.6 Å². The smallest absolute Gasteiger partial charge is 0.145 e. The number of nitrogens with one attached hydrogen (secondary N) is 2. The summed E-state index contributed by atoms with van der Waals surface area (Å²) in [6.07, 6.45) is 8.95. The number of aromatic nitrogens is 4. The van der Waals surface area contributed by atoms with Crippen molar-refractivity contribution in [3.63, 3.8) is 0 Å². The number of fused-ring (bicyclic) bond motifs is 1. The zero-order chi connectivity index (χ0) is 17.2. The average Bonchev–Trinajstić information content (AvgIpc) is 3.06. The minimum atomic E-state index is -0.530. The molecule has 2 atom stereocenters. The predicted octanol–water partition coefficient (Wildman–Crippen LogP) is 2.01. The first-order valence-corrected chi connectivity index (χ1v) is 8.65. The SMILES string of the molecule is CC(O)c1ccc2ncc(-c3cncc(NC4CCCNC4)n3)n2c1. The van der Waals surface area contributed by atoms with Gasteiger partial charge in [-0.2, -0.15) is 0 Å². The Kier molecular flexibility index (Phi) is 4.33. The normalized spacial score (nSPS) is 19.0. The van der Waals surface area contributed by atoms with Gasteiger partial charge in [-0.1, -0.05) is 6.07 Å². The summed E-state index contributed by atoms with van der Waals surface area (Å²) in [6, 6.07) is 4.16. The molecule has 1 aliphatic heterocycles. The van der Waals surface area contributed by atoms with E-state index >= 15 is 0 Å². The van der Waals surface area contributed by atoms with Crippen molar-refractivity contribution in [2.45, 2.75) is 31.9 Å². The van der Waals surface area contributed by atoms with Crippen LogP contribution in [-0.2, 0) is 0 Å². The van der Waals surface area contributed by atoms with E-state index in [0.29, 0.717) is 6.04 Å². The molecule has 3 N–H and O–H groups in total. The van der Waals surface area contributed by atoms with Crippen LogP contribution in [0, 0.1) is 0 Å². The largest absolute Gasteiger partial charge is 0.389 e. The molecule has 0 radical (unpaired) electrons. The molecule has 0 saturated carbocycles. The summed E-state index contributed by atoms with van der Waals surface area (Å²) in [6.45, 7) is 3.77. The Morgan fingerprint density at radius 2 is 2.24 bits per heavy atom. The first kappa shape index (κ1) is 16.0. The van der Waals surface area contributed by atoms with E-state index in [0.717, 1.165) is 47.9 Å². The van der Waals surface area contributed by atoms with Crippen molar-refractivity contribution in [3.8, 4) is 11.4 Å². The Morgan fingerprint density at radius 3 is 3.04 bits per heavy atom. The molecule has 3 aromatic rings. The Labute approximate surface area is 146 Å². The third-order valence-corrected chi connectivity index (χ3v) is 4.56. The first-order chi connectivity index (χ1) is 12.2. The fourth-order valence-corrected chi connectivity index (χ4v) is 3.18. The highest BCUT2D eigenvalue weighted by atomic mass is 16.3. The lowest BCUT2D eigenvalue weighted by molar-refractivity contribution is 0.199. The number of hydrogen-bond donors (Lipinski definition) is 3. The van der Waals surface area contributed by atoms with Crippen molar-refractivity contribution in [2.24, 2.45) is 0 Å². The van der Waals surface area contributed by atoms with E-state index in [1.54, 1.807) is 25.5 Å².